The number of likely N-dealkylation sites (tertiary alicyclic amines) is 1. The molecule has 1 fully saturated rings. The van der Waals surface area contributed by atoms with Crippen molar-refractivity contribution in [2.24, 2.45) is 5.92 Å². The summed E-state index contributed by atoms with van der Waals surface area (Å²) in [4.78, 5) is 2.53. The summed E-state index contributed by atoms with van der Waals surface area (Å²) in [5, 5.41) is 3.58. The zero-order chi connectivity index (χ0) is 15.1. The molecule has 0 radical (unpaired) electrons. The van der Waals surface area contributed by atoms with Gasteiger partial charge in [0.25, 0.3) is 0 Å². The number of piperidine rings is 1. The summed E-state index contributed by atoms with van der Waals surface area (Å²) in [6.45, 7) is 7.88. The molecular weight excluding hydrogens is 264 g/mol. The summed E-state index contributed by atoms with van der Waals surface area (Å²) in [5.41, 5.74) is 1.21. The van der Waals surface area contributed by atoms with Crippen molar-refractivity contribution in [3.05, 3.63) is 23.8 Å². The number of rotatable bonds is 7. The highest BCUT2D eigenvalue weighted by molar-refractivity contribution is 5.38. The SMILES string of the molecule is CCN1CCC(CNCc2cc(OC)cc(OC)c2)CC1. The van der Waals surface area contributed by atoms with Crippen LogP contribution in [0.4, 0.5) is 0 Å². The molecule has 1 heterocycles. The topological polar surface area (TPSA) is 33.7 Å². The predicted octanol–water partition coefficient (Wildman–Crippen LogP) is 2.53. The first kappa shape index (κ1) is 16.1. The Hall–Kier alpha value is -1.26. The zero-order valence-corrected chi connectivity index (χ0v) is 13.5. The van der Waals surface area contributed by atoms with E-state index in [0.717, 1.165) is 30.5 Å². The van der Waals surface area contributed by atoms with Crippen LogP contribution in [-0.4, -0.2) is 45.3 Å². The van der Waals surface area contributed by atoms with E-state index >= 15 is 0 Å². The third-order valence-electron chi connectivity index (χ3n) is 4.33. The van der Waals surface area contributed by atoms with Crippen molar-refractivity contribution in [3.8, 4) is 11.5 Å². The number of hydrogen-bond donors (Lipinski definition) is 1. The van der Waals surface area contributed by atoms with E-state index in [2.05, 4.69) is 29.3 Å². The third kappa shape index (κ3) is 4.90. The molecule has 0 aromatic heterocycles. The second-order valence-corrected chi connectivity index (χ2v) is 5.73. The molecule has 1 aromatic carbocycles. The van der Waals surface area contributed by atoms with Gasteiger partial charge in [0.15, 0.2) is 0 Å². The van der Waals surface area contributed by atoms with E-state index in [4.69, 9.17) is 9.47 Å². The smallest absolute Gasteiger partial charge is 0.122 e. The minimum absolute atomic E-state index is 0.806. The molecule has 1 saturated heterocycles. The highest BCUT2D eigenvalue weighted by Crippen LogP contribution is 2.22. The summed E-state index contributed by atoms with van der Waals surface area (Å²) < 4.78 is 10.6. The fraction of sp³-hybridized carbons (Fsp3) is 0.647. The lowest BCUT2D eigenvalue weighted by Gasteiger charge is -2.31. The summed E-state index contributed by atoms with van der Waals surface area (Å²) in [5.74, 6) is 2.50. The fourth-order valence-corrected chi connectivity index (χ4v) is 2.90. The van der Waals surface area contributed by atoms with Crippen LogP contribution in [-0.2, 0) is 6.54 Å². The normalized spacial score (nSPS) is 16.9. The van der Waals surface area contributed by atoms with Crippen LogP contribution in [0.2, 0.25) is 0 Å². The van der Waals surface area contributed by atoms with Crippen molar-refractivity contribution in [2.75, 3.05) is 40.4 Å². The van der Waals surface area contributed by atoms with Gasteiger partial charge in [-0.15, -0.1) is 0 Å². The van der Waals surface area contributed by atoms with Crippen LogP contribution in [0.3, 0.4) is 0 Å². The minimum Gasteiger partial charge on any atom is -0.497 e. The molecule has 4 heteroatoms. The van der Waals surface area contributed by atoms with Crippen molar-refractivity contribution >= 4 is 0 Å². The molecule has 0 bridgehead atoms. The number of methoxy groups -OCH3 is 2. The van der Waals surface area contributed by atoms with Gasteiger partial charge in [0.05, 0.1) is 14.2 Å². The molecule has 118 valence electrons. The molecular formula is C17H28N2O2. The molecule has 1 aromatic rings. The second-order valence-electron chi connectivity index (χ2n) is 5.73. The zero-order valence-electron chi connectivity index (χ0n) is 13.5. The Balaban J connectivity index is 1.78. The van der Waals surface area contributed by atoms with Gasteiger partial charge in [-0.3, -0.25) is 0 Å². The first-order chi connectivity index (χ1) is 10.2. The Bertz CT molecular complexity index is 407. The summed E-state index contributed by atoms with van der Waals surface area (Å²) in [6, 6.07) is 6.04. The Morgan fingerprint density at radius 1 is 1.10 bits per heavy atom. The van der Waals surface area contributed by atoms with Crippen LogP contribution in [0.25, 0.3) is 0 Å². The van der Waals surface area contributed by atoms with E-state index in [1.807, 2.05) is 6.07 Å². The molecule has 0 atom stereocenters. The highest BCUT2D eigenvalue weighted by atomic mass is 16.5. The number of hydrogen-bond acceptors (Lipinski definition) is 4. The van der Waals surface area contributed by atoms with Crippen molar-refractivity contribution < 1.29 is 9.47 Å². The van der Waals surface area contributed by atoms with Gasteiger partial charge in [-0.05, 0) is 62.6 Å². The Labute approximate surface area is 128 Å². The predicted molar refractivity (Wildman–Crippen MR) is 86.1 cm³/mol. The average molecular weight is 292 g/mol. The first-order valence-electron chi connectivity index (χ1n) is 7.90. The molecule has 21 heavy (non-hydrogen) atoms. The molecule has 1 N–H and O–H groups in total. The Morgan fingerprint density at radius 2 is 1.71 bits per heavy atom. The number of ether oxygens (including phenoxy) is 2. The van der Waals surface area contributed by atoms with Crippen LogP contribution in [0.15, 0.2) is 18.2 Å². The lowest BCUT2D eigenvalue weighted by atomic mass is 9.97. The van der Waals surface area contributed by atoms with Gasteiger partial charge < -0.3 is 19.7 Å². The van der Waals surface area contributed by atoms with Gasteiger partial charge in [0.2, 0.25) is 0 Å². The van der Waals surface area contributed by atoms with E-state index in [0.29, 0.717) is 0 Å². The number of nitrogens with zero attached hydrogens (tertiary/aromatic N) is 1. The van der Waals surface area contributed by atoms with Gasteiger partial charge in [-0.25, -0.2) is 0 Å². The fourth-order valence-electron chi connectivity index (χ4n) is 2.90. The molecule has 0 unspecified atom stereocenters. The molecule has 1 aliphatic rings. The van der Waals surface area contributed by atoms with Crippen molar-refractivity contribution in [1.82, 2.24) is 10.2 Å². The van der Waals surface area contributed by atoms with Crippen LogP contribution in [0.1, 0.15) is 25.3 Å². The maximum absolute atomic E-state index is 5.30. The lowest BCUT2D eigenvalue weighted by Crippen LogP contribution is -2.36. The van der Waals surface area contributed by atoms with Gasteiger partial charge in [-0.2, -0.15) is 0 Å². The summed E-state index contributed by atoms with van der Waals surface area (Å²) >= 11 is 0. The number of nitrogens with one attached hydrogen (secondary N) is 1. The highest BCUT2D eigenvalue weighted by Gasteiger charge is 2.17. The van der Waals surface area contributed by atoms with Crippen molar-refractivity contribution in [3.63, 3.8) is 0 Å². The summed E-state index contributed by atoms with van der Waals surface area (Å²) in [6.07, 6.45) is 2.62. The molecule has 4 nitrogen and oxygen atoms in total. The maximum atomic E-state index is 5.30. The lowest BCUT2D eigenvalue weighted by molar-refractivity contribution is 0.190. The van der Waals surface area contributed by atoms with Gasteiger partial charge in [0, 0.05) is 12.6 Å². The standard InChI is InChI=1S/C17H28N2O2/c1-4-19-7-5-14(6-8-19)12-18-13-15-9-16(20-2)11-17(10-15)21-3/h9-11,14,18H,4-8,12-13H2,1-3H3. The van der Waals surface area contributed by atoms with Crippen molar-refractivity contribution in [2.45, 2.75) is 26.3 Å². The average Bonchev–Trinajstić information content (AvgIpc) is 2.55. The largest absolute Gasteiger partial charge is 0.497 e. The molecule has 0 amide bonds. The molecule has 0 saturated carbocycles. The molecule has 0 aliphatic carbocycles. The molecule has 1 aliphatic heterocycles. The second kappa shape index (κ2) is 8.25. The maximum Gasteiger partial charge on any atom is 0.122 e. The number of benzene rings is 1. The Morgan fingerprint density at radius 3 is 2.24 bits per heavy atom. The van der Waals surface area contributed by atoms with Crippen LogP contribution in [0, 0.1) is 5.92 Å². The molecule has 0 spiro atoms. The van der Waals surface area contributed by atoms with Crippen LogP contribution < -0.4 is 14.8 Å². The van der Waals surface area contributed by atoms with E-state index < -0.39 is 0 Å². The first-order valence-corrected chi connectivity index (χ1v) is 7.90. The van der Waals surface area contributed by atoms with Crippen LogP contribution in [0.5, 0.6) is 11.5 Å². The van der Waals surface area contributed by atoms with Crippen LogP contribution >= 0.6 is 0 Å². The van der Waals surface area contributed by atoms with E-state index in [1.165, 1.54) is 38.0 Å². The van der Waals surface area contributed by atoms with Gasteiger partial charge in [-0.1, -0.05) is 6.92 Å². The van der Waals surface area contributed by atoms with Gasteiger partial charge in [0.1, 0.15) is 11.5 Å². The quantitative estimate of drug-likeness (QED) is 0.837. The van der Waals surface area contributed by atoms with Crippen molar-refractivity contribution in [1.29, 1.82) is 0 Å². The summed E-state index contributed by atoms with van der Waals surface area (Å²) in [7, 11) is 3.38. The van der Waals surface area contributed by atoms with E-state index in [9.17, 15) is 0 Å². The third-order valence-corrected chi connectivity index (χ3v) is 4.33. The molecule has 2 rings (SSSR count). The van der Waals surface area contributed by atoms with E-state index in [-0.39, 0.29) is 0 Å². The minimum atomic E-state index is 0.806. The monoisotopic (exact) mass is 292 g/mol. The van der Waals surface area contributed by atoms with Gasteiger partial charge >= 0.3 is 0 Å². The Kier molecular flexibility index (Phi) is 6.33. The van der Waals surface area contributed by atoms with E-state index in [1.54, 1.807) is 14.2 Å².